The van der Waals surface area contributed by atoms with Crippen LogP contribution in [0.3, 0.4) is 0 Å². The summed E-state index contributed by atoms with van der Waals surface area (Å²) in [5, 5.41) is 8.68. The summed E-state index contributed by atoms with van der Waals surface area (Å²) in [4.78, 5) is 12.1. The van der Waals surface area contributed by atoms with E-state index in [1.807, 2.05) is 31.2 Å². The summed E-state index contributed by atoms with van der Waals surface area (Å²) in [5.41, 5.74) is 5.34. The Balaban J connectivity index is 1.44. The average molecular weight is 460 g/mol. The van der Waals surface area contributed by atoms with E-state index in [0.29, 0.717) is 12.2 Å². The maximum Gasteiger partial charge on any atom is 0.338 e. The van der Waals surface area contributed by atoms with E-state index in [4.69, 9.17) is 4.74 Å². The summed E-state index contributed by atoms with van der Waals surface area (Å²) < 4.78 is 5.13. The predicted molar refractivity (Wildman–Crippen MR) is 145 cm³/mol. The Hall–Kier alpha value is -3.95. The van der Waals surface area contributed by atoms with Crippen LogP contribution in [-0.4, -0.2) is 12.6 Å². The number of hydrogen-bond acceptors (Lipinski definition) is 3. The molecule has 5 aromatic rings. The van der Waals surface area contributed by atoms with E-state index in [9.17, 15) is 4.79 Å². The second-order valence-electron chi connectivity index (χ2n) is 8.83. The first-order valence-corrected chi connectivity index (χ1v) is 12.1. The summed E-state index contributed by atoms with van der Waals surface area (Å²) >= 11 is 0. The third kappa shape index (κ3) is 4.82. The fourth-order valence-corrected chi connectivity index (χ4v) is 4.72. The van der Waals surface area contributed by atoms with Crippen LogP contribution in [0.4, 0.5) is 0 Å². The molecule has 1 N–H and O–H groups in total. The van der Waals surface area contributed by atoms with Gasteiger partial charge in [0.1, 0.15) is 0 Å². The molecule has 3 heteroatoms. The largest absolute Gasteiger partial charge is 0.462 e. The summed E-state index contributed by atoms with van der Waals surface area (Å²) in [7, 11) is 0. The number of fused-ring (bicyclic) bond motifs is 2. The molecule has 0 bridgehead atoms. The van der Waals surface area contributed by atoms with Gasteiger partial charge in [0.2, 0.25) is 0 Å². The van der Waals surface area contributed by atoms with Crippen molar-refractivity contribution in [3.8, 4) is 11.1 Å². The molecule has 174 valence electrons. The molecule has 0 aliphatic rings. The van der Waals surface area contributed by atoms with E-state index < -0.39 is 0 Å². The number of esters is 1. The van der Waals surface area contributed by atoms with Gasteiger partial charge < -0.3 is 10.1 Å². The predicted octanol–water partition coefficient (Wildman–Crippen LogP) is 7.69. The summed E-state index contributed by atoms with van der Waals surface area (Å²) in [6, 6.07) is 35.9. The van der Waals surface area contributed by atoms with Crippen molar-refractivity contribution < 1.29 is 9.53 Å². The fourth-order valence-electron chi connectivity index (χ4n) is 4.72. The van der Waals surface area contributed by atoms with Gasteiger partial charge in [-0.05, 0) is 81.9 Å². The van der Waals surface area contributed by atoms with E-state index >= 15 is 0 Å². The molecule has 5 rings (SSSR count). The number of hydrogen-bond donors (Lipinski definition) is 1. The van der Waals surface area contributed by atoms with Gasteiger partial charge >= 0.3 is 5.97 Å². The van der Waals surface area contributed by atoms with Gasteiger partial charge in [0, 0.05) is 12.6 Å². The van der Waals surface area contributed by atoms with Crippen LogP contribution in [0, 0.1) is 0 Å². The molecule has 5 aromatic carbocycles. The van der Waals surface area contributed by atoms with Crippen LogP contribution in [0.2, 0.25) is 0 Å². The number of benzene rings is 5. The van der Waals surface area contributed by atoms with Crippen LogP contribution in [0.25, 0.3) is 32.7 Å². The molecule has 0 fully saturated rings. The highest BCUT2D eigenvalue weighted by atomic mass is 16.5. The topological polar surface area (TPSA) is 38.3 Å². The van der Waals surface area contributed by atoms with Gasteiger partial charge in [-0.1, -0.05) is 78.9 Å². The lowest BCUT2D eigenvalue weighted by Crippen LogP contribution is -2.18. The van der Waals surface area contributed by atoms with Crippen molar-refractivity contribution in [3.05, 3.63) is 120 Å². The molecule has 0 aromatic heterocycles. The summed E-state index contributed by atoms with van der Waals surface area (Å²) in [6.07, 6.45) is 0. The first-order chi connectivity index (χ1) is 17.1. The quantitative estimate of drug-likeness (QED) is 0.254. The van der Waals surface area contributed by atoms with Crippen LogP contribution >= 0.6 is 0 Å². The zero-order chi connectivity index (χ0) is 24.2. The zero-order valence-electron chi connectivity index (χ0n) is 20.1. The second-order valence-corrected chi connectivity index (χ2v) is 8.83. The maximum absolute atomic E-state index is 12.1. The zero-order valence-corrected chi connectivity index (χ0v) is 20.1. The molecule has 0 saturated carbocycles. The van der Waals surface area contributed by atoms with E-state index in [2.05, 4.69) is 91.1 Å². The first-order valence-electron chi connectivity index (χ1n) is 12.1. The Morgan fingerprint density at radius 2 is 1.49 bits per heavy atom. The van der Waals surface area contributed by atoms with E-state index in [-0.39, 0.29) is 12.0 Å². The van der Waals surface area contributed by atoms with Gasteiger partial charge in [0.25, 0.3) is 0 Å². The molecule has 3 nitrogen and oxygen atoms in total. The second kappa shape index (κ2) is 10.1. The molecule has 35 heavy (non-hydrogen) atoms. The summed E-state index contributed by atoms with van der Waals surface area (Å²) in [6.45, 7) is 5.16. The molecule has 0 aliphatic heterocycles. The van der Waals surface area contributed by atoms with Crippen molar-refractivity contribution in [3.63, 3.8) is 0 Å². The number of carbonyl (C=O) groups excluding carboxylic acids is 1. The van der Waals surface area contributed by atoms with Crippen molar-refractivity contribution in [2.45, 2.75) is 26.4 Å². The van der Waals surface area contributed by atoms with Gasteiger partial charge in [0.05, 0.1) is 12.2 Å². The minimum atomic E-state index is -0.288. The molecular weight excluding hydrogens is 430 g/mol. The fraction of sp³-hybridized carbons (Fsp3) is 0.156. The third-order valence-electron chi connectivity index (χ3n) is 6.53. The number of carbonyl (C=O) groups is 1. The van der Waals surface area contributed by atoms with Crippen molar-refractivity contribution >= 4 is 27.5 Å². The van der Waals surface area contributed by atoms with E-state index in [1.165, 1.54) is 32.7 Å². The highest BCUT2D eigenvalue weighted by Crippen LogP contribution is 2.31. The molecule has 0 amide bonds. The number of nitrogens with one attached hydrogen (secondary N) is 1. The van der Waals surface area contributed by atoms with Crippen LogP contribution in [0.5, 0.6) is 0 Å². The molecular formula is C32H29NO2. The minimum absolute atomic E-state index is 0.208. The number of ether oxygens (including phenoxy) is 1. The SMILES string of the molecule is CCOC(=O)c1ccc(-c2cc(CN[C@H](C)c3cccc4ccccc34)cc3ccccc23)cc1. The van der Waals surface area contributed by atoms with E-state index in [1.54, 1.807) is 0 Å². The van der Waals surface area contributed by atoms with Gasteiger partial charge in [0.15, 0.2) is 0 Å². The van der Waals surface area contributed by atoms with Crippen molar-refractivity contribution in [1.29, 1.82) is 0 Å². The minimum Gasteiger partial charge on any atom is -0.462 e. The molecule has 0 aliphatic carbocycles. The lowest BCUT2D eigenvalue weighted by Gasteiger charge is -2.18. The maximum atomic E-state index is 12.1. The van der Waals surface area contributed by atoms with Crippen LogP contribution in [0.1, 0.15) is 41.4 Å². The molecule has 0 unspecified atom stereocenters. The Labute approximate surface area is 206 Å². The molecule has 0 spiro atoms. The highest BCUT2D eigenvalue weighted by Gasteiger charge is 2.12. The van der Waals surface area contributed by atoms with E-state index in [0.717, 1.165) is 17.7 Å². The summed E-state index contributed by atoms with van der Waals surface area (Å²) in [5.74, 6) is -0.288. The lowest BCUT2D eigenvalue weighted by atomic mass is 9.94. The molecule has 0 radical (unpaired) electrons. The molecule has 0 heterocycles. The Morgan fingerprint density at radius 1 is 0.800 bits per heavy atom. The van der Waals surface area contributed by atoms with Crippen molar-refractivity contribution in [2.24, 2.45) is 0 Å². The standard InChI is InChI=1S/C32H29NO2/c1-3-35-32(34)26-17-15-25(16-18-26)31-20-23(19-27-10-5-7-13-30(27)31)21-33-22(2)28-14-8-11-24-9-4-6-12-29(24)28/h4-20,22,33H,3,21H2,1-2H3/t22-/m1/s1. The average Bonchev–Trinajstić information content (AvgIpc) is 2.91. The van der Waals surface area contributed by atoms with Crippen molar-refractivity contribution in [2.75, 3.05) is 6.61 Å². The highest BCUT2D eigenvalue weighted by molar-refractivity contribution is 5.98. The Bertz CT molecular complexity index is 1480. The molecule has 1 atom stereocenters. The molecule has 0 saturated heterocycles. The van der Waals surface area contributed by atoms with Gasteiger partial charge in [-0.2, -0.15) is 0 Å². The van der Waals surface area contributed by atoms with Gasteiger partial charge in [-0.3, -0.25) is 0 Å². The van der Waals surface area contributed by atoms with Crippen LogP contribution in [0.15, 0.2) is 103 Å². The Morgan fingerprint density at radius 3 is 2.26 bits per heavy atom. The number of rotatable bonds is 7. The normalized spacial score (nSPS) is 12.1. The van der Waals surface area contributed by atoms with Crippen molar-refractivity contribution in [1.82, 2.24) is 5.32 Å². The lowest BCUT2D eigenvalue weighted by molar-refractivity contribution is 0.0526. The third-order valence-corrected chi connectivity index (χ3v) is 6.53. The van der Waals surface area contributed by atoms with Gasteiger partial charge in [-0.15, -0.1) is 0 Å². The smallest absolute Gasteiger partial charge is 0.338 e. The monoisotopic (exact) mass is 459 g/mol. The van der Waals surface area contributed by atoms with Crippen LogP contribution in [-0.2, 0) is 11.3 Å². The van der Waals surface area contributed by atoms with Crippen LogP contribution < -0.4 is 5.32 Å². The van der Waals surface area contributed by atoms with Gasteiger partial charge in [-0.25, -0.2) is 4.79 Å². The Kier molecular flexibility index (Phi) is 6.60. The first kappa shape index (κ1) is 22.8.